The van der Waals surface area contributed by atoms with Crippen molar-refractivity contribution in [3.05, 3.63) is 48.6 Å². The highest BCUT2D eigenvalue weighted by atomic mass is 16.5. The molecule has 0 heterocycles. The highest BCUT2D eigenvalue weighted by molar-refractivity contribution is 5.90. The summed E-state index contributed by atoms with van der Waals surface area (Å²) in [7, 11) is 0. The largest absolute Gasteiger partial charge is 0.461 e. The van der Waals surface area contributed by atoms with Gasteiger partial charge in [0.25, 0.3) is 0 Å². The zero-order valence-electron chi connectivity index (χ0n) is 19.8. The summed E-state index contributed by atoms with van der Waals surface area (Å²) < 4.78 is 5.77. The molecule has 1 aliphatic carbocycles. The van der Waals surface area contributed by atoms with E-state index in [0.29, 0.717) is 12.8 Å². The van der Waals surface area contributed by atoms with Gasteiger partial charge < -0.3 is 10.1 Å². The van der Waals surface area contributed by atoms with Gasteiger partial charge in [-0.1, -0.05) is 56.7 Å². The van der Waals surface area contributed by atoms with E-state index in [1.54, 1.807) is 11.6 Å². The van der Waals surface area contributed by atoms with Crippen LogP contribution in [-0.2, 0) is 25.5 Å². The number of nitrogens with one attached hydrogen (secondary N) is 2. The monoisotopic (exact) mass is 458 g/mol. The van der Waals surface area contributed by atoms with E-state index in [-0.39, 0.29) is 18.4 Å². The fraction of sp³-hybridized carbons (Fsp3) is 0.577. The maximum absolute atomic E-state index is 13.4. The molecule has 1 aliphatic rings. The third-order valence-electron chi connectivity index (χ3n) is 6.13. The summed E-state index contributed by atoms with van der Waals surface area (Å²) in [5.74, 6) is -2.88. The predicted octanol–water partition coefficient (Wildman–Crippen LogP) is 3.95. The molecule has 1 unspecified atom stereocenters. The lowest BCUT2D eigenvalue weighted by Gasteiger charge is -2.29. The van der Waals surface area contributed by atoms with E-state index in [9.17, 15) is 19.6 Å². The molecular formula is C26H38N2O5. The minimum atomic E-state index is -0.863. The number of allylic oxidation sites excluding steroid dienone is 1. The first-order chi connectivity index (χ1) is 15.8. The molecule has 1 fully saturated rings. The second-order valence-electron chi connectivity index (χ2n) is 9.29. The van der Waals surface area contributed by atoms with Gasteiger partial charge in [0.05, 0.1) is 11.8 Å². The Kier molecular flexibility index (Phi) is 11.1. The summed E-state index contributed by atoms with van der Waals surface area (Å²) in [5.41, 5.74) is 2.57. The van der Waals surface area contributed by atoms with E-state index in [1.807, 2.05) is 44.2 Å². The van der Waals surface area contributed by atoms with Gasteiger partial charge in [0, 0.05) is 6.42 Å². The molecule has 7 nitrogen and oxygen atoms in total. The fourth-order valence-corrected chi connectivity index (χ4v) is 4.43. The van der Waals surface area contributed by atoms with Crippen LogP contribution in [-0.4, -0.2) is 35.1 Å². The number of ether oxygens (including phenoxy) is 1. The first-order valence-electron chi connectivity index (χ1n) is 11.9. The topological polar surface area (TPSA) is 105 Å². The van der Waals surface area contributed by atoms with Crippen molar-refractivity contribution in [3.8, 4) is 0 Å². The highest BCUT2D eigenvalue weighted by Gasteiger charge is 2.36. The molecule has 0 spiro atoms. The zero-order chi connectivity index (χ0) is 24.2. The average Bonchev–Trinajstić information content (AvgIpc) is 2.81. The standard InChI is InChI=1S/C26H38N2O5/c1-4-11-21(25(30)28-32)22(16-18(2)3)24(29)27-23(17-19-12-7-5-8-13-19)26(31)33-20-14-9-6-10-15-20/h4-5,7-8,12-13,18,20-23,32H,1,6,9-11,14-17H2,2-3H3,(H,27,29)(H,28,30)/t21-,22+,23?/m0/s1. The van der Waals surface area contributed by atoms with Crippen LogP contribution < -0.4 is 10.8 Å². The normalized spacial score (nSPS) is 17.0. The van der Waals surface area contributed by atoms with Crippen LogP contribution in [0, 0.1) is 17.8 Å². The van der Waals surface area contributed by atoms with Gasteiger partial charge in [0.2, 0.25) is 11.8 Å². The van der Waals surface area contributed by atoms with Crippen LogP contribution >= 0.6 is 0 Å². The van der Waals surface area contributed by atoms with Gasteiger partial charge in [0.1, 0.15) is 12.1 Å². The Hall–Kier alpha value is -2.67. The number of carbonyl (C=O) groups excluding carboxylic acids is 3. The molecule has 1 aromatic carbocycles. The Morgan fingerprint density at radius 1 is 1.09 bits per heavy atom. The van der Waals surface area contributed by atoms with Crippen LogP contribution in [0.25, 0.3) is 0 Å². The van der Waals surface area contributed by atoms with Crippen molar-refractivity contribution in [1.82, 2.24) is 10.8 Å². The first-order valence-corrected chi connectivity index (χ1v) is 11.9. The van der Waals surface area contributed by atoms with Crippen LogP contribution in [0.3, 0.4) is 0 Å². The van der Waals surface area contributed by atoms with Crippen LogP contribution in [0.2, 0.25) is 0 Å². The molecule has 0 saturated heterocycles. The third-order valence-corrected chi connectivity index (χ3v) is 6.13. The van der Waals surface area contributed by atoms with Crippen molar-refractivity contribution in [2.24, 2.45) is 17.8 Å². The van der Waals surface area contributed by atoms with Gasteiger partial charge in [-0.3, -0.25) is 14.8 Å². The summed E-state index contributed by atoms with van der Waals surface area (Å²) in [6.45, 7) is 7.60. The van der Waals surface area contributed by atoms with Crippen molar-refractivity contribution in [2.45, 2.75) is 77.4 Å². The molecule has 3 atom stereocenters. The molecule has 7 heteroatoms. The molecular weight excluding hydrogens is 420 g/mol. The lowest BCUT2D eigenvalue weighted by atomic mass is 9.82. The molecule has 1 aromatic rings. The smallest absolute Gasteiger partial charge is 0.329 e. The van der Waals surface area contributed by atoms with Gasteiger partial charge in [-0.15, -0.1) is 6.58 Å². The summed E-state index contributed by atoms with van der Waals surface area (Å²) in [6.07, 6.45) is 7.27. The second-order valence-corrected chi connectivity index (χ2v) is 9.29. The molecule has 0 radical (unpaired) electrons. The minimum absolute atomic E-state index is 0.124. The van der Waals surface area contributed by atoms with E-state index in [1.165, 1.54) is 0 Å². The van der Waals surface area contributed by atoms with Crippen LogP contribution in [0.1, 0.15) is 64.4 Å². The van der Waals surface area contributed by atoms with Crippen molar-refractivity contribution in [2.75, 3.05) is 0 Å². The number of hydrogen-bond donors (Lipinski definition) is 3. The highest BCUT2D eigenvalue weighted by Crippen LogP contribution is 2.26. The molecule has 0 bridgehead atoms. The van der Waals surface area contributed by atoms with Crippen LogP contribution in [0.4, 0.5) is 0 Å². The van der Waals surface area contributed by atoms with E-state index in [0.717, 1.165) is 37.7 Å². The number of esters is 1. The van der Waals surface area contributed by atoms with Crippen molar-refractivity contribution < 1.29 is 24.3 Å². The molecule has 2 rings (SSSR count). The number of amides is 2. The van der Waals surface area contributed by atoms with E-state index < -0.39 is 35.7 Å². The van der Waals surface area contributed by atoms with Gasteiger partial charge >= 0.3 is 5.97 Å². The zero-order valence-corrected chi connectivity index (χ0v) is 19.8. The number of hydroxylamine groups is 1. The third kappa shape index (κ3) is 8.65. The van der Waals surface area contributed by atoms with E-state index in [2.05, 4.69) is 11.9 Å². The summed E-state index contributed by atoms with van der Waals surface area (Å²) >= 11 is 0. The van der Waals surface area contributed by atoms with Crippen molar-refractivity contribution >= 4 is 17.8 Å². The summed E-state index contributed by atoms with van der Waals surface area (Å²) in [6, 6.07) is 8.60. The minimum Gasteiger partial charge on any atom is -0.461 e. The van der Waals surface area contributed by atoms with E-state index >= 15 is 0 Å². The van der Waals surface area contributed by atoms with Crippen molar-refractivity contribution in [3.63, 3.8) is 0 Å². The SMILES string of the molecule is C=CC[C@H](C(=O)NO)[C@@H](CC(C)C)C(=O)NC(Cc1ccccc1)C(=O)OC1CCCCC1. The Labute approximate surface area is 196 Å². The second kappa shape index (κ2) is 13.8. The maximum atomic E-state index is 13.4. The molecule has 0 aliphatic heterocycles. The van der Waals surface area contributed by atoms with Gasteiger partial charge in [-0.25, -0.2) is 10.3 Å². The number of carbonyl (C=O) groups is 3. The Bertz CT molecular complexity index is 774. The van der Waals surface area contributed by atoms with Crippen LogP contribution in [0.15, 0.2) is 43.0 Å². The lowest BCUT2D eigenvalue weighted by Crippen LogP contribution is -2.49. The molecule has 33 heavy (non-hydrogen) atoms. The Balaban J connectivity index is 2.23. The van der Waals surface area contributed by atoms with Crippen LogP contribution in [0.5, 0.6) is 0 Å². The molecule has 3 N–H and O–H groups in total. The fourth-order valence-electron chi connectivity index (χ4n) is 4.43. The number of rotatable bonds is 12. The van der Waals surface area contributed by atoms with Gasteiger partial charge in [-0.2, -0.15) is 0 Å². The Morgan fingerprint density at radius 3 is 2.33 bits per heavy atom. The predicted molar refractivity (Wildman–Crippen MR) is 126 cm³/mol. The average molecular weight is 459 g/mol. The molecule has 182 valence electrons. The quantitative estimate of drug-likeness (QED) is 0.190. The van der Waals surface area contributed by atoms with Gasteiger partial charge in [0.15, 0.2) is 0 Å². The summed E-state index contributed by atoms with van der Waals surface area (Å²) in [5, 5.41) is 12.1. The van der Waals surface area contributed by atoms with E-state index in [4.69, 9.17) is 4.74 Å². The summed E-state index contributed by atoms with van der Waals surface area (Å²) in [4.78, 5) is 38.8. The number of hydrogen-bond acceptors (Lipinski definition) is 5. The first kappa shape index (κ1) is 26.6. The molecule has 0 aromatic heterocycles. The Morgan fingerprint density at radius 2 is 1.76 bits per heavy atom. The molecule has 2 amide bonds. The lowest BCUT2D eigenvalue weighted by molar-refractivity contribution is -0.155. The molecule has 1 saturated carbocycles. The van der Waals surface area contributed by atoms with Gasteiger partial charge in [-0.05, 0) is 50.0 Å². The maximum Gasteiger partial charge on any atom is 0.329 e. The number of benzene rings is 1. The van der Waals surface area contributed by atoms with Crippen molar-refractivity contribution in [1.29, 1.82) is 0 Å².